The summed E-state index contributed by atoms with van der Waals surface area (Å²) in [5.74, 6) is 2.17. The van der Waals surface area contributed by atoms with Gasteiger partial charge in [-0.2, -0.15) is 0 Å². The maximum atomic E-state index is 5.84. The van der Waals surface area contributed by atoms with Crippen LogP contribution in [-0.4, -0.2) is 19.4 Å². The van der Waals surface area contributed by atoms with Crippen LogP contribution in [0.2, 0.25) is 0 Å². The Morgan fingerprint density at radius 3 is 2.94 bits per heavy atom. The molecule has 1 fully saturated rings. The van der Waals surface area contributed by atoms with Crippen LogP contribution < -0.4 is 14.8 Å². The van der Waals surface area contributed by atoms with E-state index in [-0.39, 0.29) is 6.29 Å². The van der Waals surface area contributed by atoms with E-state index in [0.29, 0.717) is 5.92 Å². The van der Waals surface area contributed by atoms with Crippen LogP contribution in [0.25, 0.3) is 0 Å². The number of benzene rings is 1. The molecule has 16 heavy (non-hydrogen) atoms. The largest absolute Gasteiger partial charge is 0.451 e. The maximum absolute atomic E-state index is 5.84. The van der Waals surface area contributed by atoms with E-state index in [4.69, 9.17) is 9.47 Å². The van der Waals surface area contributed by atoms with Crippen molar-refractivity contribution < 1.29 is 9.47 Å². The van der Waals surface area contributed by atoms with E-state index in [9.17, 15) is 0 Å². The molecule has 2 aliphatic heterocycles. The van der Waals surface area contributed by atoms with E-state index >= 15 is 0 Å². The van der Waals surface area contributed by atoms with Gasteiger partial charge in [0.1, 0.15) is 0 Å². The SMILES string of the molecule is Brc1ccc2c(c1)OC(C1CCCNC1)O2. The standard InChI is InChI=1S/C12H14BrNO2/c13-9-3-4-10-11(6-9)16-12(15-10)8-2-1-5-14-7-8/h3-4,6,8,12,14H,1-2,5,7H2. The van der Waals surface area contributed by atoms with Gasteiger partial charge in [0.2, 0.25) is 6.29 Å². The summed E-state index contributed by atoms with van der Waals surface area (Å²) in [4.78, 5) is 0. The molecule has 2 unspecified atom stereocenters. The van der Waals surface area contributed by atoms with Crippen molar-refractivity contribution in [2.45, 2.75) is 19.1 Å². The predicted molar refractivity (Wildman–Crippen MR) is 64.8 cm³/mol. The summed E-state index contributed by atoms with van der Waals surface area (Å²) < 4.78 is 12.7. The van der Waals surface area contributed by atoms with Crippen molar-refractivity contribution in [1.29, 1.82) is 0 Å². The summed E-state index contributed by atoms with van der Waals surface area (Å²) in [6.45, 7) is 2.10. The van der Waals surface area contributed by atoms with Crippen molar-refractivity contribution in [3.8, 4) is 11.5 Å². The highest BCUT2D eigenvalue weighted by atomic mass is 79.9. The number of hydrogen-bond acceptors (Lipinski definition) is 3. The minimum atomic E-state index is -0.114. The van der Waals surface area contributed by atoms with Gasteiger partial charge >= 0.3 is 0 Å². The fourth-order valence-electron chi connectivity index (χ4n) is 2.25. The average Bonchev–Trinajstić information content (AvgIpc) is 2.73. The number of hydrogen-bond donors (Lipinski definition) is 1. The Hall–Kier alpha value is -0.740. The molecule has 2 atom stereocenters. The van der Waals surface area contributed by atoms with Crippen LogP contribution in [-0.2, 0) is 0 Å². The zero-order valence-electron chi connectivity index (χ0n) is 8.91. The quantitative estimate of drug-likeness (QED) is 0.859. The van der Waals surface area contributed by atoms with Crippen LogP contribution in [0.1, 0.15) is 12.8 Å². The van der Waals surface area contributed by atoms with E-state index in [1.54, 1.807) is 0 Å². The smallest absolute Gasteiger partial charge is 0.245 e. The van der Waals surface area contributed by atoms with Gasteiger partial charge in [-0.05, 0) is 37.6 Å². The lowest BCUT2D eigenvalue weighted by molar-refractivity contribution is -0.0123. The second kappa shape index (κ2) is 4.26. The number of rotatable bonds is 1. The van der Waals surface area contributed by atoms with E-state index in [1.807, 2.05) is 18.2 Å². The zero-order chi connectivity index (χ0) is 11.0. The Labute approximate surface area is 103 Å². The van der Waals surface area contributed by atoms with Gasteiger partial charge in [-0.25, -0.2) is 0 Å². The van der Waals surface area contributed by atoms with Crippen LogP contribution >= 0.6 is 15.9 Å². The first-order valence-electron chi connectivity index (χ1n) is 5.66. The molecular formula is C12H14BrNO2. The summed E-state index contributed by atoms with van der Waals surface area (Å²) in [7, 11) is 0. The van der Waals surface area contributed by atoms with Crippen molar-refractivity contribution in [2.24, 2.45) is 5.92 Å². The number of ether oxygens (including phenoxy) is 2. The molecule has 2 aliphatic rings. The van der Waals surface area contributed by atoms with Gasteiger partial charge < -0.3 is 14.8 Å². The first-order valence-corrected chi connectivity index (χ1v) is 6.46. The Bertz CT molecular complexity index is 391. The molecule has 86 valence electrons. The Morgan fingerprint density at radius 1 is 1.25 bits per heavy atom. The second-order valence-electron chi connectivity index (χ2n) is 4.30. The van der Waals surface area contributed by atoms with Gasteiger partial charge in [0.15, 0.2) is 11.5 Å². The molecule has 1 aromatic carbocycles. The lowest BCUT2D eigenvalue weighted by Crippen LogP contribution is -2.40. The second-order valence-corrected chi connectivity index (χ2v) is 5.22. The topological polar surface area (TPSA) is 30.5 Å². The van der Waals surface area contributed by atoms with Crippen molar-refractivity contribution in [3.05, 3.63) is 22.7 Å². The third kappa shape index (κ3) is 1.92. The predicted octanol–water partition coefficient (Wildman–Crippen LogP) is 2.55. The average molecular weight is 284 g/mol. The summed E-state index contributed by atoms with van der Waals surface area (Å²) in [5, 5.41) is 3.38. The van der Waals surface area contributed by atoms with Crippen LogP contribution in [0.4, 0.5) is 0 Å². The van der Waals surface area contributed by atoms with Gasteiger partial charge in [0.25, 0.3) is 0 Å². The number of piperidine rings is 1. The molecule has 0 saturated carbocycles. The molecule has 1 aromatic rings. The number of halogens is 1. The lowest BCUT2D eigenvalue weighted by Gasteiger charge is -2.26. The summed E-state index contributed by atoms with van der Waals surface area (Å²) >= 11 is 3.43. The minimum absolute atomic E-state index is 0.114. The highest BCUT2D eigenvalue weighted by Gasteiger charge is 2.32. The minimum Gasteiger partial charge on any atom is -0.451 e. The third-order valence-corrected chi connectivity index (χ3v) is 3.61. The number of fused-ring (bicyclic) bond motifs is 1. The van der Waals surface area contributed by atoms with E-state index < -0.39 is 0 Å². The van der Waals surface area contributed by atoms with Crippen molar-refractivity contribution >= 4 is 15.9 Å². The Morgan fingerprint density at radius 2 is 2.12 bits per heavy atom. The van der Waals surface area contributed by atoms with Crippen molar-refractivity contribution in [2.75, 3.05) is 13.1 Å². The molecule has 3 nitrogen and oxygen atoms in total. The fraction of sp³-hybridized carbons (Fsp3) is 0.500. The maximum Gasteiger partial charge on any atom is 0.245 e. The van der Waals surface area contributed by atoms with Crippen LogP contribution in [0.15, 0.2) is 22.7 Å². The van der Waals surface area contributed by atoms with Crippen LogP contribution in [0.5, 0.6) is 11.5 Å². The van der Waals surface area contributed by atoms with E-state index in [0.717, 1.165) is 29.1 Å². The first-order chi connectivity index (χ1) is 7.83. The molecule has 2 heterocycles. The molecule has 1 saturated heterocycles. The van der Waals surface area contributed by atoms with Gasteiger partial charge in [0, 0.05) is 16.9 Å². The number of nitrogens with one attached hydrogen (secondary N) is 1. The molecule has 0 aromatic heterocycles. The molecule has 0 aliphatic carbocycles. The lowest BCUT2D eigenvalue weighted by atomic mass is 9.99. The van der Waals surface area contributed by atoms with E-state index in [2.05, 4.69) is 21.2 Å². The molecule has 0 bridgehead atoms. The highest BCUT2D eigenvalue weighted by Crippen LogP contribution is 2.39. The Balaban J connectivity index is 1.74. The monoisotopic (exact) mass is 283 g/mol. The highest BCUT2D eigenvalue weighted by molar-refractivity contribution is 9.10. The molecule has 0 spiro atoms. The molecule has 3 rings (SSSR count). The molecule has 0 radical (unpaired) electrons. The molecule has 1 N–H and O–H groups in total. The summed E-state index contributed by atoms with van der Waals surface area (Å²) in [5.41, 5.74) is 0. The van der Waals surface area contributed by atoms with Gasteiger partial charge in [-0.15, -0.1) is 0 Å². The zero-order valence-corrected chi connectivity index (χ0v) is 10.5. The van der Waals surface area contributed by atoms with Crippen molar-refractivity contribution in [1.82, 2.24) is 5.32 Å². The van der Waals surface area contributed by atoms with Crippen molar-refractivity contribution in [3.63, 3.8) is 0 Å². The molecular weight excluding hydrogens is 270 g/mol. The summed E-state index contributed by atoms with van der Waals surface area (Å²) in [6.07, 6.45) is 2.26. The van der Waals surface area contributed by atoms with Gasteiger partial charge in [-0.1, -0.05) is 15.9 Å². The fourth-order valence-corrected chi connectivity index (χ4v) is 2.59. The normalized spacial score (nSPS) is 28.1. The Kier molecular flexibility index (Phi) is 2.77. The van der Waals surface area contributed by atoms with Crippen LogP contribution in [0, 0.1) is 5.92 Å². The first kappa shape index (κ1) is 10.4. The van der Waals surface area contributed by atoms with E-state index in [1.165, 1.54) is 12.8 Å². The van der Waals surface area contributed by atoms with Gasteiger partial charge in [-0.3, -0.25) is 0 Å². The molecule has 0 amide bonds. The third-order valence-electron chi connectivity index (χ3n) is 3.11. The molecule has 4 heteroatoms. The van der Waals surface area contributed by atoms with Gasteiger partial charge in [0.05, 0.1) is 0 Å². The van der Waals surface area contributed by atoms with Crippen LogP contribution in [0.3, 0.4) is 0 Å². The summed E-state index contributed by atoms with van der Waals surface area (Å²) in [6, 6.07) is 5.89.